The van der Waals surface area contributed by atoms with Crippen molar-refractivity contribution in [3.63, 3.8) is 0 Å². The van der Waals surface area contributed by atoms with E-state index in [1.807, 2.05) is 11.3 Å². The first-order chi connectivity index (χ1) is 10.3. The van der Waals surface area contributed by atoms with E-state index < -0.39 is 0 Å². The number of H-pyrrole nitrogens is 1. The number of carbonyl (C=O) groups is 1. The normalized spacial score (nSPS) is 16.2. The Kier molecular flexibility index (Phi) is 6.21. The third-order valence-electron chi connectivity index (χ3n) is 4.08. The summed E-state index contributed by atoms with van der Waals surface area (Å²) in [6.45, 7) is 4.11. The largest absolute Gasteiger partial charge is 0.367 e. The third kappa shape index (κ3) is 4.45. The molecule has 4 nitrogen and oxygen atoms in total. The fourth-order valence-corrected chi connectivity index (χ4v) is 3.52. The van der Waals surface area contributed by atoms with Gasteiger partial charge in [0.15, 0.2) is 0 Å². The maximum absolute atomic E-state index is 11.9. The summed E-state index contributed by atoms with van der Waals surface area (Å²) in [5.74, 6) is 0.629. The molecular weight excluding hydrogens is 294 g/mol. The minimum atomic E-state index is 0. The van der Waals surface area contributed by atoms with E-state index in [-0.39, 0.29) is 13.3 Å². The van der Waals surface area contributed by atoms with Gasteiger partial charge in [0, 0.05) is 30.4 Å². The van der Waals surface area contributed by atoms with Crippen LogP contribution in [0.3, 0.4) is 0 Å². The first-order valence-electron chi connectivity index (χ1n) is 7.47. The summed E-state index contributed by atoms with van der Waals surface area (Å²) in [7, 11) is 0. The highest BCUT2D eigenvalue weighted by Crippen LogP contribution is 2.20. The van der Waals surface area contributed by atoms with Crippen molar-refractivity contribution in [3.8, 4) is 0 Å². The Morgan fingerprint density at radius 3 is 2.82 bits per heavy atom. The van der Waals surface area contributed by atoms with Gasteiger partial charge in [0.1, 0.15) is 0 Å². The molecule has 0 spiro atoms. The van der Waals surface area contributed by atoms with E-state index in [2.05, 4.69) is 32.7 Å². The highest BCUT2D eigenvalue weighted by atomic mass is 32.1. The van der Waals surface area contributed by atoms with Gasteiger partial charge in [-0.05, 0) is 49.4 Å². The average Bonchev–Trinajstić information content (AvgIpc) is 3.19. The fourth-order valence-electron chi connectivity index (χ4n) is 2.78. The Labute approximate surface area is 136 Å². The second kappa shape index (κ2) is 8.15. The van der Waals surface area contributed by atoms with Crippen LogP contribution in [0.2, 0.25) is 0 Å². The van der Waals surface area contributed by atoms with Gasteiger partial charge in [-0.1, -0.05) is 13.5 Å². The van der Waals surface area contributed by atoms with Gasteiger partial charge in [0.2, 0.25) is 0 Å². The van der Waals surface area contributed by atoms with Crippen LogP contribution in [-0.4, -0.2) is 35.4 Å². The number of nitrogens with one attached hydrogen (secondary N) is 2. The van der Waals surface area contributed by atoms with Gasteiger partial charge in [0.05, 0.1) is 5.56 Å². The standard InChI is InChI=1S/C16H21N3OS.CH4/c20-16(14-3-6-17-11-14)18-10-13-4-7-19(8-5-13)12-15-2-1-9-21-15;/h1-3,6,9,11,13,17H,4-5,7-8,10,12H2,(H,18,20);1H4. The molecule has 0 saturated carbocycles. The van der Waals surface area contributed by atoms with Crippen molar-refractivity contribution < 1.29 is 4.79 Å². The Morgan fingerprint density at radius 2 is 2.18 bits per heavy atom. The molecular formula is C17H25N3OS. The number of rotatable bonds is 5. The van der Waals surface area contributed by atoms with Gasteiger partial charge in [-0.3, -0.25) is 9.69 Å². The molecule has 0 unspecified atom stereocenters. The Bertz CT molecular complexity index is 542. The zero-order valence-corrected chi connectivity index (χ0v) is 12.9. The number of nitrogens with zero attached hydrogens (tertiary/aromatic N) is 1. The maximum Gasteiger partial charge on any atom is 0.252 e. The number of likely N-dealkylation sites (tertiary alicyclic amines) is 1. The number of amides is 1. The zero-order chi connectivity index (χ0) is 14.5. The molecule has 2 N–H and O–H groups in total. The molecule has 0 bridgehead atoms. The van der Waals surface area contributed by atoms with E-state index in [0.29, 0.717) is 11.5 Å². The molecule has 1 fully saturated rings. The number of piperidine rings is 1. The summed E-state index contributed by atoms with van der Waals surface area (Å²) in [6.07, 6.45) is 5.84. The number of thiophene rings is 1. The topological polar surface area (TPSA) is 48.1 Å². The highest BCUT2D eigenvalue weighted by Gasteiger charge is 2.20. The molecule has 22 heavy (non-hydrogen) atoms. The molecule has 0 atom stereocenters. The summed E-state index contributed by atoms with van der Waals surface area (Å²) >= 11 is 1.83. The molecule has 1 aliphatic rings. The Hall–Kier alpha value is -1.59. The number of hydrogen-bond donors (Lipinski definition) is 2. The van der Waals surface area contributed by atoms with Gasteiger partial charge in [-0.15, -0.1) is 11.3 Å². The van der Waals surface area contributed by atoms with E-state index in [0.717, 1.165) is 26.2 Å². The number of aromatic amines is 1. The summed E-state index contributed by atoms with van der Waals surface area (Å²) < 4.78 is 0. The summed E-state index contributed by atoms with van der Waals surface area (Å²) in [6, 6.07) is 6.12. The number of hydrogen-bond acceptors (Lipinski definition) is 3. The molecule has 120 valence electrons. The lowest BCUT2D eigenvalue weighted by Gasteiger charge is -2.31. The smallest absolute Gasteiger partial charge is 0.252 e. The molecule has 0 aliphatic carbocycles. The lowest BCUT2D eigenvalue weighted by Crippen LogP contribution is -2.38. The number of aromatic nitrogens is 1. The van der Waals surface area contributed by atoms with Gasteiger partial charge in [-0.2, -0.15) is 0 Å². The van der Waals surface area contributed by atoms with Crippen LogP contribution in [0.25, 0.3) is 0 Å². The fraction of sp³-hybridized carbons (Fsp3) is 0.471. The Balaban J connectivity index is 0.00000176. The first-order valence-corrected chi connectivity index (χ1v) is 8.35. The second-order valence-electron chi connectivity index (χ2n) is 5.61. The molecule has 3 heterocycles. The van der Waals surface area contributed by atoms with Crippen molar-refractivity contribution >= 4 is 17.2 Å². The van der Waals surface area contributed by atoms with Crippen LogP contribution in [0.5, 0.6) is 0 Å². The lowest BCUT2D eigenvalue weighted by atomic mass is 9.96. The SMILES string of the molecule is C.O=C(NCC1CCN(Cc2cccs2)CC1)c1cc[nH]c1. The molecule has 1 aliphatic heterocycles. The van der Waals surface area contributed by atoms with Crippen LogP contribution >= 0.6 is 11.3 Å². The van der Waals surface area contributed by atoms with Crippen molar-refractivity contribution in [2.45, 2.75) is 26.8 Å². The third-order valence-corrected chi connectivity index (χ3v) is 4.94. The van der Waals surface area contributed by atoms with Crippen molar-refractivity contribution in [1.82, 2.24) is 15.2 Å². The van der Waals surface area contributed by atoms with Crippen molar-refractivity contribution in [2.75, 3.05) is 19.6 Å². The van der Waals surface area contributed by atoms with E-state index in [4.69, 9.17) is 0 Å². The molecule has 1 saturated heterocycles. The van der Waals surface area contributed by atoms with E-state index in [1.54, 1.807) is 18.5 Å². The van der Waals surface area contributed by atoms with Crippen LogP contribution in [-0.2, 0) is 6.54 Å². The molecule has 1 amide bonds. The monoisotopic (exact) mass is 319 g/mol. The molecule has 2 aromatic heterocycles. The minimum Gasteiger partial charge on any atom is -0.367 e. The maximum atomic E-state index is 11.9. The summed E-state index contributed by atoms with van der Waals surface area (Å²) in [5.41, 5.74) is 0.713. The summed E-state index contributed by atoms with van der Waals surface area (Å²) in [5, 5.41) is 5.18. The molecule has 2 aromatic rings. The summed E-state index contributed by atoms with van der Waals surface area (Å²) in [4.78, 5) is 18.7. The van der Waals surface area contributed by atoms with Crippen LogP contribution in [0.4, 0.5) is 0 Å². The van der Waals surface area contributed by atoms with Crippen LogP contribution in [0, 0.1) is 5.92 Å². The van der Waals surface area contributed by atoms with Crippen LogP contribution in [0.1, 0.15) is 35.5 Å². The van der Waals surface area contributed by atoms with Crippen LogP contribution < -0.4 is 5.32 Å². The molecule has 5 heteroatoms. The molecule has 3 rings (SSSR count). The van der Waals surface area contributed by atoms with Gasteiger partial charge in [0.25, 0.3) is 5.91 Å². The van der Waals surface area contributed by atoms with E-state index >= 15 is 0 Å². The quantitative estimate of drug-likeness (QED) is 0.888. The predicted molar refractivity (Wildman–Crippen MR) is 92.2 cm³/mol. The van der Waals surface area contributed by atoms with Gasteiger partial charge < -0.3 is 10.3 Å². The zero-order valence-electron chi connectivity index (χ0n) is 12.0. The highest BCUT2D eigenvalue weighted by molar-refractivity contribution is 7.09. The molecule has 0 aromatic carbocycles. The van der Waals surface area contributed by atoms with Crippen molar-refractivity contribution in [3.05, 3.63) is 46.4 Å². The number of carbonyl (C=O) groups excluding carboxylic acids is 1. The van der Waals surface area contributed by atoms with Gasteiger partial charge in [-0.25, -0.2) is 0 Å². The van der Waals surface area contributed by atoms with E-state index in [9.17, 15) is 4.79 Å². The van der Waals surface area contributed by atoms with Crippen LogP contribution in [0.15, 0.2) is 36.0 Å². The van der Waals surface area contributed by atoms with E-state index in [1.165, 1.54) is 17.7 Å². The predicted octanol–water partition coefficient (Wildman–Crippen LogP) is 3.35. The average molecular weight is 319 g/mol. The van der Waals surface area contributed by atoms with Gasteiger partial charge >= 0.3 is 0 Å². The minimum absolute atomic E-state index is 0. The second-order valence-corrected chi connectivity index (χ2v) is 6.64. The first kappa shape index (κ1) is 16.8. The lowest BCUT2D eigenvalue weighted by molar-refractivity contribution is 0.0935. The Morgan fingerprint density at radius 1 is 1.36 bits per heavy atom. The van der Waals surface area contributed by atoms with Crippen molar-refractivity contribution in [1.29, 1.82) is 0 Å². The van der Waals surface area contributed by atoms with Crippen molar-refractivity contribution in [2.24, 2.45) is 5.92 Å². The molecule has 0 radical (unpaired) electrons.